The minimum atomic E-state index is -0.758. The van der Waals surface area contributed by atoms with Gasteiger partial charge in [0.2, 0.25) is 0 Å². The second-order valence-corrected chi connectivity index (χ2v) is 6.79. The number of thiophene rings is 1. The third-order valence-corrected chi connectivity index (χ3v) is 5.23. The fourth-order valence-electron chi connectivity index (χ4n) is 3.14. The molecule has 2 heterocycles. The zero-order chi connectivity index (χ0) is 16.4. The van der Waals surface area contributed by atoms with Crippen LogP contribution in [0.25, 0.3) is 10.2 Å². The first-order valence-corrected chi connectivity index (χ1v) is 8.41. The molecule has 0 atom stereocenters. The number of pyridine rings is 1. The minimum absolute atomic E-state index is 0.00684. The molecule has 2 N–H and O–H groups in total. The van der Waals surface area contributed by atoms with Crippen molar-refractivity contribution in [3.63, 3.8) is 0 Å². The summed E-state index contributed by atoms with van der Waals surface area (Å²) < 4.78 is 0.798. The second kappa shape index (κ2) is 6.49. The molecule has 1 saturated carbocycles. The van der Waals surface area contributed by atoms with Crippen LogP contribution in [0.2, 0.25) is 0 Å². The summed E-state index contributed by atoms with van der Waals surface area (Å²) in [7, 11) is 0. The Morgan fingerprint density at radius 2 is 2.17 bits per heavy atom. The third-order valence-electron chi connectivity index (χ3n) is 4.31. The van der Waals surface area contributed by atoms with E-state index in [2.05, 4.69) is 10.3 Å². The number of fused-ring (bicyclic) bond motifs is 1. The molecule has 2 aromatic heterocycles. The van der Waals surface area contributed by atoms with Crippen LogP contribution < -0.4 is 5.32 Å². The summed E-state index contributed by atoms with van der Waals surface area (Å²) >= 11 is 1.44. The van der Waals surface area contributed by atoms with Crippen LogP contribution in [-0.2, 0) is 4.79 Å². The Bertz CT molecular complexity index is 737. The number of hydrogen-bond acceptors (Lipinski definition) is 6. The molecule has 0 amide bonds. The number of hydrogen-bond donors (Lipinski definition) is 2. The van der Waals surface area contributed by atoms with E-state index in [1.54, 1.807) is 0 Å². The molecule has 0 unspecified atom stereocenters. The number of rotatable bonds is 5. The molecular formula is C15H17N3O4S. The van der Waals surface area contributed by atoms with Crippen LogP contribution in [0.15, 0.2) is 17.6 Å². The van der Waals surface area contributed by atoms with Gasteiger partial charge in [-0.2, -0.15) is 0 Å². The first-order valence-electron chi connectivity index (χ1n) is 7.53. The molecule has 0 saturated heterocycles. The highest BCUT2D eigenvalue weighted by Gasteiger charge is 2.26. The number of carboxylic acid groups (broad SMARTS) is 1. The summed E-state index contributed by atoms with van der Waals surface area (Å²) in [4.78, 5) is 25.8. The Hall–Kier alpha value is -2.22. The highest BCUT2D eigenvalue weighted by molar-refractivity contribution is 7.17. The number of carbonyl (C=O) groups is 1. The average Bonchev–Trinajstić information content (AvgIpc) is 2.97. The lowest BCUT2D eigenvalue weighted by Gasteiger charge is -2.28. The van der Waals surface area contributed by atoms with Crippen molar-refractivity contribution >= 4 is 38.9 Å². The molecule has 0 bridgehead atoms. The van der Waals surface area contributed by atoms with Gasteiger partial charge in [0.1, 0.15) is 11.9 Å². The molecule has 0 radical (unpaired) electrons. The monoisotopic (exact) mass is 335 g/mol. The van der Waals surface area contributed by atoms with Crippen molar-refractivity contribution in [1.29, 1.82) is 0 Å². The fourth-order valence-corrected chi connectivity index (χ4v) is 4.00. The van der Waals surface area contributed by atoms with Crippen molar-refractivity contribution in [2.75, 3.05) is 5.32 Å². The fraction of sp³-hybridized carbons (Fsp3) is 0.467. The maximum absolute atomic E-state index is 11.3. The molecule has 8 heteroatoms. The topological polar surface area (TPSA) is 105 Å². The molecule has 1 fully saturated rings. The quantitative estimate of drug-likeness (QED) is 0.638. The zero-order valence-corrected chi connectivity index (χ0v) is 13.2. The van der Waals surface area contributed by atoms with Crippen molar-refractivity contribution in [3.05, 3.63) is 27.8 Å². The highest BCUT2D eigenvalue weighted by atomic mass is 32.1. The molecule has 3 rings (SSSR count). The summed E-state index contributed by atoms with van der Waals surface area (Å²) in [5.74, 6) is -0.550. The first-order chi connectivity index (χ1) is 11.0. The van der Waals surface area contributed by atoms with E-state index in [0.717, 1.165) is 35.9 Å². The Balaban J connectivity index is 1.77. The summed E-state index contributed by atoms with van der Waals surface area (Å²) in [6.07, 6.45) is 4.81. The number of nitrogens with one attached hydrogen (secondary N) is 1. The predicted molar refractivity (Wildman–Crippen MR) is 87.9 cm³/mol. The molecule has 1 aliphatic carbocycles. The van der Waals surface area contributed by atoms with Crippen molar-refractivity contribution in [3.8, 4) is 0 Å². The van der Waals surface area contributed by atoms with Crippen molar-refractivity contribution in [2.45, 2.75) is 38.1 Å². The van der Waals surface area contributed by atoms with Gasteiger partial charge < -0.3 is 10.4 Å². The molecule has 2 aromatic rings. The van der Waals surface area contributed by atoms with E-state index < -0.39 is 10.9 Å². The van der Waals surface area contributed by atoms with Crippen LogP contribution in [0.1, 0.15) is 32.1 Å². The van der Waals surface area contributed by atoms with Crippen molar-refractivity contribution in [2.24, 2.45) is 5.92 Å². The van der Waals surface area contributed by atoms with Gasteiger partial charge in [0.05, 0.1) is 15.1 Å². The van der Waals surface area contributed by atoms with Crippen LogP contribution in [-0.4, -0.2) is 27.0 Å². The van der Waals surface area contributed by atoms with Crippen molar-refractivity contribution < 1.29 is 14.8 Å². The van der Waals surface area contributed by atoms with Gasteiger partial charge in [-0.1, -0.05) is 0 Å². The highest BCUT2D eigenvalue weighted by Crippen LogP contribution is 2.37. The summed E-state index contributed by atoms with van der Waals surface area (Å²) in [5.41, 5.74) is 1.28. The van der Waals surface area contributed by atoms with Crippen LogP contribution in [0.5, 0.6) is 0 Å². The number of aromatic nitrogens is 1. The average molecular weight is 335 g/mol. The van der Waals surface area contributed by atoms with Gasteiger partial charge in [-0.3, -0.25) is 14.9 Å². The van der Waals surface area contributed by atoms with E-state index in [9.17, 15) is 14.9 Å². The normalized spacial score (nSPS) is 21.2. The number of nitro groups is 1. The molecular weight excluding hydrogens is 318 g/mol. The molecule has 7 nitrogen and oxygen atoms in total. The van der Waals surface area contributed by atoms with Gasteiger partial charge in [-0.15, -0.1) is 11.3 Å². The summed E-state index contributed by atoms with van der Waals surface area (Å²) in [6.45, 7) is 0. The van der Waals surface area contributed by atoms with Gasteiger partial charge in [-0.05, 0) is 43.0 Å². The summed E-state index contributed by atoms with van der Waals surface area (Å²) in [5, 5.41) is 25.3. The molecule has 23 heavy (non-hydrogen) atoms. The number of anilines is 1. The van der Waals surface area contributed by atoms with E-state index in [1.165, 1.54) is 17.5 Å². The first kappa shape index (κ1) is 15.7. The van der Waals surface area contributed by atoms with Gasteiger partial charge in [-0.25, -0.2) is 4.98 Å². The van der Waals surface area contributed by atoms with E-state index >= 15 is 0 Å². The Kier molecular flexibility index (Phi) is 4.42. The smallest absolute Gasteiger partial charge is 0.311 e. The van der Waals surface area contributed by atoms with E-state index in [-0.39, 0.29) is 24.1 Å². The SMILES string of the molecule is O=C(O)C[C@H]1CC[C@H](Nc2c([N+](=O)[O-])cnc3ccsc23)CC1. The second-order valence-electron chi connectivity index (χ2n) is 5.87. The minimum Gasteiger partial charge on any atom is -0.481 e. The van der Waals surface area contributed by atoms with Gasteiger partial charge in [0, 0.05) is 12.5 Å². The molecule has 0 aromatic carbocycles. The predicted octanol–water partition coefficient (Wildman–Crippen LogP) is 3.65. The lowest BCUT2D eigenvalue weighted by Crippen LogP contribution is -2.27. The largest absolute Gasteiger partial charge is 0.481 e. The Morgan fingerprint density at radius 3 is 2.83 bits per heavy atom. The summed E-state index contributed by atoms with van der Waals surface area (Å²) in [6, 6.07) is 1.98. The van der Waals surface area contributed by atoms with Crippen LogP contribution in [0.3, 0.4) is 0 Å². The molecule has 122 valence electrons. The number of nitrogens with zero attached hydrogens (tertiary/aromatic N) is 2. The lowest BCUT2D eigenvalue weighted by atomic mass is 9.84. The van der Waals surface area contributed by atoms with E-state index in [4.69, 9.17) is 5.11 Å². The maximum Gasteiger partial charge on any atom is 0.311 e. The molecule has 0 spiro atoms. The van der Waals surface area contributed by atoms with Crippen LogP contribution >= 0.6 is 11.3 Å². The van der Waals surface area contributed by atoms with Gasteiger partial charge in [0.15, 0.2) is 0 Å². The molecule has 0 aliphatic heterocycles. The van der Waals surface area contributed by atoms with Crippen LogP contribution in [0.4, 0.5) is 11.4 Å². The van der Waals surface area contributed by atoms with Gasteiger partial charge in [0.25, 0.3) is 0 Å². The standard InChI is InChI=1S/C15H17N3O4S/c19-13(20)7-9-1-3-10(4-2-9)17-14-12(18(21)22)8-16-11-5-6-23-15(11)14/h5-6,8-10H,1-4,7H2,(H,16,17)(H,19,20)/t9-,10-. The lowest BCUT2D eigenvalue weighted by molar-refractivity contribution is -0.384. The zero-order valence-electron chi connectivity index (χ0n) is 12.4. The van der Waals surface area contributed by atoms with Crippen LogP contribution in [0, 0.1) is 16.0 Å². The van der Waals surface area contributed by atoms with Gasteiger partial charge >= 0.3 is 11.7 Å². The Labute approximate surface area is 136 Å². The van der Waals surface area contributed by atoms with Crippen molar-refractivity contribution in [1.82, 2.24) is 4.98 Å². The van der Waals surface area contributed by atoms with E-state index in [1.807, 2.05) is 11.4 Å². The third kappa shape index (κ3) is 3.42. The van der Waals surface area contributed by atoms with E-state index in [0.29, 0.717) is 5.69 Å². The Morgan fingerprint density at radius 1 is 1.43 bits per heavy atom. The number of aliphatic carboxylic acids is 1. The number of carboxylic acids is 1. The maximum atomic E-state index is 11.3. The molecule has 1 aliphatic rings.